The van der Waals surface area contributed by atoms with Crippen LogP contribution in [0.3, 0.4) is 0 Å². The molecule has 0 radical (unpaired) electrons. The van der Waals surface area contributed by atoms with E-state index in [1.165, 1.54) is 6.07 Å². The molecule has 8 heteroatoms. The topological polar surface area (TPSA) is 92.9 Å². The number of carbonyl (C=O) groups is 1. The summed E-state index contributed by atoms with van der Waals surface area (Å²) >= 11 is 0. The smallest absolute Gasteiger partial charge is 0.244 e. The number of hydrogen-bond donors (Lipinski definition) is 1. The van der Waals surface area contributed by atoms with Gasteiger partial charge in [0.25, 0.3) is 0 Å². The highest BCUT2D eigenvalue weighted by Crippen LogP contribution is 2.23. The fourth-order valence-electron chi connectivity index (χ4n) is 2.16. The zero-order chi connectivity index (χ0) is 15.6. The Labute approximate surface area is 124 Å². The molecule has 7 nitrogen and oxygen atoms in total. The number of primary amides is 1. The molecule has 0 spiro atoms. The lowest BCUT2D eigenvalue weighted by Crippen LogP contribution is -2.54. The first-order valence-corrected chi connectivity index (χ1v) is 7.94. The minimum atomic E-state index is -3.79. The molecule has 1 aromatic carbocycles. The van der Waals surface area contributed by atoms with E-state index in [1.54, 1.807) is 12.1 Å². The molecule has 2 N–H and O–H groups in total. The number of sulfonamides is 1. The van der Waals surface area contributed by atoms with E-state index < -0.39 is 22.0 Å². The summed E-state index contributed by atoms with van der Waals surface area (Å²) < 4.78 is 31.7. The van der Waals surface area contributed by atoms with Crippen molar-refractivity contribution in [3.05, 3.63) is 24.3 Å². The standard InChI is InChI=1S/C13H19N3O4S/c1-15(2)10-4-3-5-11(8-10)21(18,19)16-6-7-20-9-12(16)13(14)17/h3-5,8,12H,6-7,9H2,1-2H3,(H2,14,17)/t12-/m0/s1. The molecule has 0 unspecified atom stereocenters. The Bertz CT molecular complexity index is 630. The van der Waals surface area contributed by atoms with E-state index in [1.807, 2.05) is 25.1 Å². The average molecular weight is 313 g/mol. The van der Waals surface area contributed by atoms with E-state index >= 15 is 0 Å². The van der Waals surface area contributed by atoms with Crippen molar-refractivity contribution in [3.63, 3.8) is 0 Å². The molecule has 0 aliphatic carbocycles. The molecule has 2 rings (SSSR count). The van der Waals surface area contributed by atoms with Gasteiger partial charge in [-0.05, 0) is 18.2 Å². The van der Waals surface area contributed by atoms with Crippen LogP contribution in [-0.2, 0) is 19.6 Å². The molecule has 0 aromatic heterocycles. The minimum absolute atomic E-state index is 0.0120. The maximum Gasteiger partial charge on any atom is 0.244 e. The van der Waals surface area contributed by atoms with Gasteiger partial charge in [0.05, 0.1) is 18.1 Å². The summed E-state index contributed by atoms with van der Waals surface area (Å²) in [6, 6.07) is 5.59. The first-order valence-electron chi connectivity index (χ1n) is 6.50. The van der Waals surface area contributed by atoms with Gasteiger partial charge in [-0.2, -0.15) is 4.31 Å². The summed E-state index contributed by atoms with van der Waals surface area (Å²) in [5.74, 6) is -0.706. The molecule has 1 heterocycles. The molecule has 1 fully saturated rings. The highest BCUT2D eigenvalue weighted by atomic mass is 32.2. The number of rotatable bonds is 4. The lowest BCUT2D eigenvalue weighted by Gasteiger charge is -2.32. The number of benzene rings is 1. The zero-order valence-electron chi connectivity index (χ0n) is 12.0. The van der Waals surface area contributed by atoms with Crippen LogP contribution in [0.2, 0.25) is 0 Å². The van der Waals surface area contributed by atoms with Gasteiger partial charge in [-0.25, -0.2) is 8.42 Å². The second-order valence-corrected chi connectivity index (χ2v) is 6.89. The summed E-state index contributed by atoms with van der Waals surface area (Å²) in [7, 11) is -0.134. The van der Waals surface area contributed by atoms with Crippen LogP contribution in [0.1, 0.15) is 0 Å². The summed E-state index contributed by atoms with van der Waals surface area (Å²) in [6.45, 7) is 0.348. The fourth-order valence-corrected chi connectivity index (χ4v) is 3.76. The van der Waals surface area contributed by atoms with Crippen molar-refractivity contribution in [2.45, 2.75) is 10.9 Å². The van der Waals surface area contributed by atoms with Crippen molar-refractivity contribution in [1.29, 1.82) is 0 Å². The quantitative estimate of drug-likeness (QED) is 0.818. The molecule has 21 heavy (non-hydrogen) atoms. The van der Waals surface area contributed by atoms with E-state index in [-0.39, 0.29) is 24.7 Å². The third-order valence-electron chi connectivity index (χ3n) is 3.35. The van der Waals surface area contributed by atoms with Gasteiger partial charge in [0, 0.05) is 26.3 Å². The molecule has 1 aromatic rings. The molecule has 0 saturated carbocycles. The van der Waals surface area contributed by atoms with Crippen molar-refractivity contribution in [2.75, 3.05) is 38.8 Å². The van der Waals surface area contributed by atoms with E-state index in [4.69, 9.17) is 10.5 Å². The number of morpholine rings is 1. The third-order valence-corrected chi connectivity index (χ3v) is 5.25. The Hall–Kier alpha value is -1.64. The fraction of sp³-hybridized carbons (Fsp3) is 0.462. The lowest BCUT2D eigenvalue weighted by atomic mass is 10.3. The monoisotopic (exact) mass is 313 g/mol. The van der Waals surface area contributed by atoms with Gasteiger partial charge in [0.2, 0.25) is 15.9 Å². The highest BCUT2D eigenvalue weighted by molar-refractivity contribution is 7.89. The SMILES string of the molecule is CN(C)c1cccc(S(=O)(=O)N2CCOC[C@H]2C(N)=O)c1. The molecule has 1 saturated heterocycles. The van der Waals surface area contributed by atoms with Crippen molar-refractivity contribution in [3.8, 4) is 0 Å². The van der Waals surface area contributed by atoms with Crippen molar-refractivity contribution >= 4 is 21.6 Å². The molecule has 1 aliphatic rings. The van der Waals surface area contributed by atoms with Crippen LogP contribution in [0.4, 0.5) is 5.69 Å². The van der Waals surface area contributed by atoms with E-state index in [0.717, 1.165) is 9.99 Å². The summed E-state index contributed by atoms with van der Waals surface area (Å²) in [4.78, 5) is 13.4. The van der Waals surface area contributed by atoms with Crippen LogP contribution >= 0.6 is 0 Å². The Balaban J connectivity index is 2.40. The summed E-state index contributed by atoms with van der Waals surface area (Å²) in [5.41, 5.74) is 6.04. The Morgan fingerprint density at radius 2 is 2.14 bits per heavy atom. The van der Waals surface area contributed by atoms with Crippen molar-refractivity contribution < 1.29 is 17.9 Å². The van der Waals surface area contributed by atoms with Crippen LogP contribution in [0.15, 0.2) is 29.2 Å². The molecule has 116 valence electrons. The van der Waals surface area contributed by atoms with Gasteiger partial charge in [-0.3, -0.25) is 4.79 Å². The first kappa shape index (κ1) is 15.7. The minimum Gasteiger partial charge on any atom is -0.378 e. The predicted octanol–water partition coefficient (Wildman–Crippen LogP) is -0.373. The molecular weight excluding hydrogens is 294 g/mol. The van der Waals surface area contributed by atoms with Gasteiger partial charge in [-0.1, -0.05) is 6.07 Å². The maximum absolute atomic E-state index is 12.7. The summed E-state index contributed by atoms with van der Waals surface area (Å²) in [6.07, 6.45) is 0. The number of nitrogens with two attached hydrogens (primary N) is 1. The number of hydrogen-bond acceptors (Lipinski definition) is 5. The largest absolute Gasteiger partial charge is 0.378 e. The van der Waals surface area contributed by atoms with Crippen LogP contribution in [0.5, 0.6) is 0 Å². The molecule has 1 atom stereocenters. The zero-order valence-corrected chi connectivity index (χ0v) is 12.8. The molecule has 0 bridgehead atoms. The van der Waals surface area contributed by atoms with E-state index in [0.29, 0.717) is 0 Å². The second-order valence-electron chi connectivity index (χ2n) is 5.00. The predicted molar refractivity (Wildman–Crippen MR) is 78.5 cm³/mol. The lowest BCUT2D eigenvalue weighted by molar-refractivity contribution is -0.125. The number of carbonyl (C=O) groups excluding carboxylic acids is 1. The summed E-state index contributed by atoms with van der Waals surface area (Å²) in [5, 5.41) is 0. The highest BCUT2D eigenvalue weighted by Gasteiger charge is 2.37. The number of amides is 1. The number of anilines is 1. The van der Waals surface area contributed by atoms with Crippen LogP contribution < -0.4 is 10.6 Å². The Morgan fingerprint density at radius 1 is 1.43 bits per heavy atom. The van der Waals surface area contributed by atoms with Gasteiger partial charge in [0.15, 0.2) is 0 Å². The Morgan fingerprint density at radius 3 is 2.76 bits per heavy atom. The Kier molecular flexibility index (Phi) is 4.50. The molecule has 1 aliphatic heterocycles. The van der Waals surface area contributed by atoms with E-state index in [2.05, 4.69) is 0 Å². The van der Waals surface area contributed by atoms with Crippen LogP contribution in [0.25, 0.3) is 0 Å². The van der Waals surface area contributed by atoms with Gasteiger partial charge >= 0.3 is 0 Å². The third kappa shape index (κ3) is 3.17. The molecular formula is C13H19N3O4S. The number of nitrogens with zero attached hydrogens (tertiary/aromatic N) is 2. The average Bonchev–Trinajstić information content (AvgIpc) is 2.47. The first-order chi connectivity index (χ1) is 9.84. The van der Waals surface area contributed by atoms with Gasteiger partial charge < -0.3 is 15.4 Å². The normalized spacial score (nSPS) is 20.2. The van der Waals surface area contributed by atoms with Gasteiger partial charge in [0.1, 0.15) is 6.04 Å². The van der Waals surface area contributed by atoms with Crippen LogP contribution in [0, 0.1) is 0 Å². The second kappa shape index (κ2) is 6.00. The number of ether oxygens (including phenoxy) is 1. The van der Waals surface area contributed by atoms with Crippen LogP contribution in [-0.4, -0.2) is 58.5 Å². The van der Waals surface area contributed by atoms with Crippen molar-refractivity contribution in [1.82, 2.24) is 4.31 Å². The van der Waals surface area contributed by atoms with Gasteiger partial charge in [-0.15, -0.1) is 0 Å². The van der Waals surface area contributed by atoms with E-state index in [9.17, 15) is 13.2 Å². The van der Waals surface area contributed by atoms with Crippen molar-refractivity contribution in [2.24, 2.45) is 5.73 Å². The molecule has 1 amide bonds. The maximum atomic E-state index is 12.7.